The first-order valence-corrected chi connectivity index (χ1v) is 5.24. The monoisotopic (exact) mass is 215 g/mol. The maximum Gasteiger partial charge on any atom is 0.239 e. The Hall–Kier alpha value is -1.10. The quantitative estimate of drug-likeness (QED) is 0.558. The third kappa shape index (κ3) is 5.37. The number of hydrogen-bond acceptors (Lipinski definition) is 3. The normalized spacial score (nSPS) is 12.3. The molecule has 3 N–H and O–H groups in total. The zero-order valence-electron chi connectivity index (χ0n) is 9.89. The van der Waals surface area contributed by atoms with Crippen molar-refractivity contribution in [1.82, 2.24) is 16.0 Å². The summed E-state index contributed by atoms with van der Waals surface area (Å²) in [6.45, 7) is 6.36. The topological polar surface area (TPSA) is 70.2 Å². The van der Waals surface area contributed by atoms with Gasteiger partial charge in [0.05, 0.1) is 12.6 Å². The SMILES string of the molecule is CCNC(=O)CNC(=O)[C@@H](NC)C(C)C. The molecule has 0 rings (SSSR count). The fourth-order valence-corrected chi connectivity index (χ4v) is 1.30. The lowest BCUT2D eigenvalue weighted by molar-refractivity contribution is -0.127. The van der Waals surface area contributed by atoms with Gasteiger partial charge in [0.1, 0.15) is 0 Å². The van der Waals surface area contributed by atoms with Crippen LogP contribution in [-0.2, 0) is 9.59 Å². The third-order valence-corrected chi connectivity index (χ3v) is 2.06. The van der Waals surface area contributed by atoms with Crippen molar-refractivity contribution in [2.75, 3.05) is 20.1 Å². The molecule has 0 aliphatic heterocycles. The van der Waals surface area contributed by atoms with Gasteiger partial charge in [-0.15, -0.1) is 0 Å². The van der Waals surface area contributed by atoms with Crippen molar-refractivity contribution in [1.29, 1.82) is 0 Å². The lowest BCUT2D eigenvalue weighted by Crippen LogP contribution is -2.48. The molecule has 0 aromatic rings. The van der Waals surface area contributed by atoms with Crippen LogP contribution >= 0.6 is 0 Å². The molecule has 88 valence electrons. The van der Waals surface area contributed by atoms with Crippen LogP contribution in [0.4, 0.5) is 0 Å². The molecule has 0 aliphatic rings. The summed E-state index contributed by atoms with van der Waals surface area (Å²) in [6.07, 6.45) is 0. The van der Waals surface area contributed by atoms with Gasteiger partial charge in [0.2, 0.25) is 11.8 Å². The highest BCUT2D eigenvalue weighted by molar-refractivity contribution is 5.87. The van der Waals surface area contributed by atoms with Crippen molar-refractivity contribution in [2.24, 2.45) is 5.92 Å². The first kappa shape index (κ1) is 13.9. The van der Waals surface area contributed by atoms with Crippen molar-refractivity contribution in [3.63, 3.8) is 0 Å². The van der Waals surface area contributed by atoms with Crippen LogP contribution in [0.25, 0.3) is 0 Å². The maximum atomic E-state index is 11.6. The first-order valence-electron chi connectivity index (χ1n) is 5.24. The van der Waals surface area contributed by atoms with E-state index >= 15 is 0 Å². The van der Waals surface area contributed by atoms with Gasteiger partial charge in [-0.25, -0.2) is 0 Å². The number of hydrogen-bond donors (Lipinski definition) is 3. The number of carbonyl (C=O) groups excluding carboxylic acids is 2. The van der Waals surface area contributed by atoms with E-state index in [4.69, 9.17) is 0 Å². The van der Waals surface area contributed by atoms with Crippen molar-refractivity contribution in [3.8, 4) is 0 Å². The van der Waals surface area contributed by atoms with Gasteiger partial charge in [-0.05, 0) is 19.9 Å². The minimum Gasteiger partial charge on any atom is -0.355 e. The Bertz CT molecular complexity index is 217. The summed E-state index contributed by atoms with van der Waals surface area (Å²) in [5.41, 5.74) is 0. The molecule has 15 heavy (non-hydrogen) atoms. The largest absolute Gasteiger partial charge is 0.355 e. The predicted molar refractivity (Wildman–Crippen MR) is 59.4 cm³/mol. The van der Waals surface area contributed by atoms with Crippen LogP contribution in [0.2, 0.25) is 0 Å². The number of rotatable bonds is 6. The highest BCUT2D eigenvalue weighted by Crippen LogP contribution is 2.00. The van der Waals surface area contributed by atoms with E-state index in [0.29, 0.717) is 6.54 Å². The molecule has 0 radical (unpaired) electrons. The molecule has 0 aliphatic carbocycles. The number of likely N-dealkylation sites (N-methyl/N-ethyl adjacent to an activating group) is 2. The van der Waals surface area contributed by atoms with E-state index in [1.54, 1.807) is 7.05 Å². The Morgan fingerprint density at radius 2 is 1.80 bits per heavy atom. The molecule has 0 fully saturated rings. The Morgan fingerprint density at radius 1 is 1.20 bits per heavy atom. The molecule has 0 saturated carbocycles. The summed E-state index contributed by atoms with van der Waals surface area (Å²) in [4.78, 5) is 22.7. The molecule has 0 aromatic carbocycles. The average molecular weight is 215 g/mol. The summed E-state index contributed by atoms with van der Waals surface area (Å²) in [7, 11) is 1.73. The maximum absolute atomic E-state index is 11.6. The molecule has 0 unspecified atom stereocenters. The van der Waals surface area contributed by atoms with Gasteiger partial charge in [0.15, 0.2) is 0 Å². The fraction of sp³-hybridized carbons (Fsp3) is 0.800. The third-order valence-electron chi connectivity index (χ3n) is 2.06. The van der Waals surface area contributed by atoms with Crippen LogP contribution in [0.1, 0.15) is 20.8 Å². The molecule has 2 amide bonds. The summed E-state index contributed by atoms with van der Waals surface area (Å²) in [6, 6.07) is -0.251. The van der Waals surface area contributed by atoms with Crippen LogP contribution in [0.5, 0.6) is 0 Å². The van der Waals surface area contributed by atoms with E-state index in [9.17, 15) is 9.59 Å². The minimum absolute atomic E-state index is 0.0393. The van der Waals surface area contributed by atoms with E-state index in [0.717, 1.165) is 0 Å². The molecule has 0 saturated heterocycles. The van der Waals surface area contributed by atoms with Crippen LogP contribution in [0.3, 0.4) is 0 Å². The smallest absolute Gasteiger partial charge is 0.239 e. The number of amides is 2. The first-order chi connectivity index (χ1) is 7.02. The summed E-state index contributed by atoms with van der Waals surface area (Å²) in [5.74, 6) is -0.104. The van der Waals surface area contributed by atoms with E-state index in [-0.39, 0.29) is 30.3 Å². The Labute approximate surface area is 91.0 Å². The molecule has 1 atom stereocenters. The van der Waals surface area contributed by atoms with Crippen molar-refractivity contribution < 1.29 is 9.59 Å². The van der Waals surface area contributed by atoms with Crippen LogP contribution in [0, 0.1) is 5.92 Å². The van der Waals surface area contributed by atoms with Gasteiger partial charge < -0.3 is 16.0 Å². The standard InChI is InChI=1S/C10H21N3O2/c1-5-12-8(14)6-13-10(15)9(11-4)7(2)3/h7,9,11H,5-6H2,1-4H3,(H,12,14)(H,13,15)/t9-/m0/s1. The minimum atomic E-state index is -0.251. The molecular formula is C10H21N3O2. The molecular weight excluding hydrogens is 194 g/mol. The van der Waals surface area contributed by atoms with Gasteiger partial charge >= 0.3 is 0 Å². The van der Waals surface area contributed by atoms with E-state index < -0.39 is 0 Å². The zero-order valence-corrected chi connectivity index (χ0v) is 9.89. The second-order valence-corrected chi connectivity index (χ2v) is 3.68. The average Bonchev–Trinajstić information content (AvgIpc) is 2.15. The zero-order chi connectivity index (χ0) is 11.8. The van der Waals surface area contributed by atoms with Crippen molar-refractivity contribution in [3.05, 3.63) is 0 Å². The Kier molecular flexibility index (Phi) is 6.70. The summed E-state index contributed by atoms with van der Waals surface area (Å²) in [5, 5.41) is 8.11. The Balaban J connectivity index is 3.96. The molecule has 0 heterocycles. The summed E-state index contributed by atoms with van der Waals surface area (Å²) >= 11 is 0. The Morgan fingerprint density at radius 3 is 2.20 bits per heavy atom. The number of carbonyl (C=O) groups is 2. The molecule has 0 spiro atoms. The predicted octanol–water partition coefficient (Wildman–Crippen LogP) is -0.517. The highest BCUT2D eigenvalue weighted by Gasteiger charge is 2.19. The highest BCUT2D eigenvalue weighted by atomic mass is 16.2. The van der Waals surface area contributed by atoms with Crippen LogP contribution in [0.15, 0.2) is 0 Å². The molecule has 0 aromatic heterocycles. The second kappa shape index (κ2) is 7.23. The molecule has 0 bridgehead atoms. The van der Waals surface area contributed by atoms with Crippen LogP contribution < -0.4 is 16.0 Å². The van der Waals surface area contributed by atoms with Gasteiger partial charge in [-0.1, -0.05) is 13.8 Å². The lowest BCUT2D eigenvalue weighted by atomic mass is 10.0. The molecule has 5 nitrogen and oxygen atoms in total. The van der Waals surface area contributed by atoms with Crippen LogP contribution in [-0.4, -0.2) is 38.0 Å². The van der Waals surface area contributed by atoms with Gasteiger partial charge in [-0.2, -0.15) is 0 Å². The van der Waals surface area contributed by atoms with Crippen molar-refractivity contribution in [2.45, 2.75) is 26.8 Å². The lowest BCUT2D eigenvalue weighted by Gasteiger charge is -2.19. The van der Waals surface area contributed by atoms with Gasteiger partial charge in [0.25, 0.3) is 0 Å². The fourth-order valence-electron chi connectivity index (χ4n) is 1.30. The van der Waals surface area contributed by atoms with Gasteiger partial charge in [-0.3, -0.25) is 9.59 Å². The van der Waals surface area contributed by atoms with E-state index in [1.807, 2.05) is 20.8 Å². The van der Waals surface area contributed by atoms with E-state index in [2.05, 4.69) is 16.0 Å². The van der Waals surface area contributed by atoms with E-state index in [1.165, 1.54) is 0 Å². The van der Waals surface area contributed by atoms with Crippen molar-refractivity contribution >= 4 is 11.8 Å². The molecule has 5 heteroatoms. The second-order valence-electron chi connectivity index (χ2n) is 3.68. The van der Waals surface area contributed by atoms with Gasteiger partial charge in [0, 0.05) is 6.54 Å². The number of nitrogens with one attached hydrogen (secondary N) is 3. The summed E-state index contributed by atoms with van der Waals surface area (Å²) < 4.78 is 0.